The summed E-state index contributed by atoms with van der Waals surface area (Å²) >= 11 is 0. The van der Waals surface area contributed by atoms with Crippen molar-refractivity contribution in [3.05, 3.63) is 60.2 Å². The predicted octanol–water partition coefficient (Wildman–Crippen LogP) is 1.92. The maximum absolute atomic E-state index is 11.8. The van der Waals surface area contributed by atoms with Crippen molar-refractivity contribution in [1.29, 1.82) is 0 Å². The van der Waals surface area contributed by atoms with Crippen molar-refractivity contribution in [1.82, 2.24) is 5.32 Å². The molecule has 7 heteroatoms. The van der Waals surface area contributed by atoms with Crippen LogP contribution in [-0.4, -0.2) is 20.3 Å². The molecule has 0 saturated carbocycles. The van der Waals surface area contributed by atoms with Crippen LogP contribution in [0.5, 0.6) is 5.75 Å². The molecule has 0 bridgehead atoms. The van der Waals surface area contributed by atoms with Gasteiger partial charge in [-0.3, -0.25) is 5.32 Å². The highest BCUT2D eigenvalue weighted by atomic mass is 32.2. The Morgan fingerprint density at radius 1 is 1.00 bits per heavy atom. The summed E-state index contributed by atoms with van der Waals surface area (Å²) in [6.45, 7) is 0. The van der Waals surface area contributed by atoms with Gasteiger partial charge in [0.2, 0.25) is 0 Å². The largest absolute Gasteiger partial charge is 0.418 e. The maximum Gasteiger partial charge on any atom is 0.418 e. The summed E-state index contributed by atoms with van der Waals surface area (Å²) in [5, 5.41) is 2.35. The second-order valence-corrected chi connectivity index (χ2v) is 5.81. The number of ether oxygens (including phenoxy) is 1. The van der Waals surface area contributed by atoms with Gasteiger partial charge in [-0.15, -0.1) is 4.40 Å². The third-order valence-corrected chi connectivity index (χ3v) is 4.14. The quantitative estimate of drug-likeness (QED) is 0.872. The summed E-state index contributed by atoms with van der Waals surface area (Å²) in [6.07, 6.45) is -0.799. The average Bonchev–Trinajstić information content (AvgIpc) is 2.72. The van der Waals surface area contributed by atoms with Crippen LogP contribution in [0, 0.1) is 0 Å². The Labute approximate surface area is 121 Å². The molecule has 2 aromatic carbocycles. The van der Waals surface area contributed by atoms with Crippen molar-refractivity contribution < 1.29 is 17.9 Å². The Bertz CT molecular complexity index is 829. The molecule has 0 saturated heterocycles. The van der Waals surface area contributed by atoms with Gasteiger partial charge < -0.3 is 4.74 Å². The van der Waals surface area contributed by atoms with Gasteiger partial charge in [0.25, 0.3) is 10.0 Å². The van der Waals surface area contributed by atoms with Gasteiger partial charge in [0.1, 0.15) is 10.6 Å². The van der Waals surface area contributed by atoms with Crippen LogP contribution in [0.1, 0.15) is 5.56 Å². The highest BCUT2D eigenvalue weighted by molar-refractivity contribution is 7.90. The second kappa shape index (κ2) is 5.02. The first-order chi connectivity index (χ1) is 10.1. The molecule has 1 aliphatic heterocycles. The van der Waals surface area contributed by atoms with E-state index in [2.05, 4.69) is 9.71 Å². The first kappa shape index (κ1) is 13.3. The van der Waals surface area contributed by atoms with E-state index in [1.165, 1.54) is 6.07 Å². The number of fused-ring (bicyclic) bond motifs is 1. The van der Waals surface area contributed by atoms with E-state index in [0.29, 0.717) is 11.3 Å². The van der Waals surface area contributed by atoms with Gasteiger partial charge in [0.05, 0.1) is 0 Å². The first-order valence-corrected chi connectivity index (χ1v) is 7.48. The molecule has 0 aromatic heterocycles. The lowest BCUT2D eigenvalue weighted by Gasteiger charge is -2.06. The summed E-state index contributed by atoms with van der Waals surface area (Å²) < 4.78 is 32.2. The van der Waals surface area contributed by atoms with E-state index in [1.54, 1.807) is 48.5 Å². The van der Waals surface area contributed by atoms with E-state index < -0.39 is 16.1 Å². The van der Waals surface area contributed by atoms with Crippen molar-refractivity contribution in [2.75, 3.05) is 0 Å². The molecule has 106 valence electrons. The minimum Gasteiger partial charge on any atom is -0.410 e. The molecule has 1 N–H and O–H groups in total. The van der Waals surface area contributed by atoms with Crippen LogP contribution in [0.2, 0.25) is 0 Å². The minimum atomic E-state index is -3.76. The van der Waals surface area contributed by atoms with Gasteiger partial charge >= 0.3 is 6.09 Å². The fourth-order valence-electron chi connectivity index (χ4n) is 1.91. The summed E-state index contributed by atoms with van der Waals surface area (Å²) in [6, 6.07) is 14.7. The number of nitrogens with one attached hydrogen (secondary N) is 1. The second-order valence-electron chi connectivity index (χ2n) is 4.24. The lowest BCUT2D eigenvalue weighted by molar-refractivity contribution is 0.206. The zero-order valence-electron chi connectivity index (χ0n) is 10.7. The fourth-order valence-corrected chi connectivity index (χ4v) is 3.09. The van der Waals surface area contributed by atoms with E-state index in [-0.39, 0.29) is 10.7 Å². The molecular weight excluding hydrogens is 292 g/mol. The van der Waals surface area contributed by atoms with E-state index in [4.69, 9.17) is 4.74 Å². The lowest BCUT2D eigenvalue weighted by atomic mass is 10.2. The van der Waals surface area contributed by atoms with Crippen molar-refractivity contribution in [3.8, 4) is 5.75 Å². The molecule has 0 atom stereocenters. The third kappa shape index (κ3) is 2.63. The highest BCUT2D eigenvalue weighted by Crippen LogP contribution is 2.24. The van der Waals surface area contributed by atoms with Gasteiger partial charge in [0, 0.05) is 5.56 Å². The SMILES string of the molecule is O=C(NC1=NS(=O)(=O)c2ccccc21)Oc1ccccc1. The van der Waals surface area contributed by atoms with Crippen LogP contribution >= 0.6 is 0 Å². The van der Waals surface area contributed by atoms with E-state index in [1.807, 2.05) is 0 Å². The smallest absolute Gasteiger partial charge is 0.410 e. The number of nitrogens with zero attached hydrogens (tertiary/aromatic N) is 1. The van der Waals surface area contributed by atoms with E-state index in [0.717, 1.165) is 0 Å². The van der Waals surface area contributed by atoms with Crippen molar-refractivity contribution in [2.45, 2.75) is 4.90 Å². The lowest BCUT2D eigenvalue weighted by Crippen LogP contribution is -2.32. The van der Waals surface area contributed by atoms with Crippen LogP contribution in [0.3, 0.4) is 0 Å². The monoisotopic (exact) mass is 302 g/mol. The molecule has 2 aromatic rings. The third-order valence-electron chi connectivity index (χ3n) is 2.81. The standard InChI is InChI=1S/C14H10N2O4S/c17-14(20-10-6-2-1-3-7-10)15-13-11-8-4-5-9-12(11)21(18,19)16-13/h1-9H,(H,15,16,17). The Morgan fingerprint density at radius 3 is 2.43 bits per heavy atom. The number of hydrogen-bond acceptors (Lipinski definition) is 4. The van der Waals surface area contributed by atoms with Crippen molar-refractivity contribution >= 4 is 22.0 Å². The minimum absolute atomic E-state index is 0.0356. The molecule has 1 heterocycles. The van der Waals surface area contributed by atoms with Gasteiger partial charge in [-0.25, -0.2) is 4.79 Å². The summed E-state index contributed by atoms with van der Waals surface area (Å²) in [5.74, 6) is 0.316. The predicted molar refractivity (Wildman–Crippen MR) is 75.8 cm³/mol. The van der Waals surface area contributed by atoms with Crippen LogP contribution in [0.25, 0.3) is 0 Å². The van der Waals surface area contributed by atoms with Gasteiger partial charge in [-0.2, -0.15) is 8.42 Å². The molecule has 0 radical (unpaired) electrons. The highest BCUT2D eigenvalue weighted by Gasteiger charge is 2.29. The zero-order valence-corrected chi connectivity index (χ0v) is 11.5. The Balaban J connectivity index is 1.82. The molecule has 6 nitrogen and oxygen atoms in total. The first-order valence-electron chi connectivity index (χ1n) is 6.04. The van der Waals surface area contributed by atoms with Crippen molar-refractivity contribution in [2.24, 2.45) is 4.40 Å². The number of amides is 1. The number of sulfonamides is 1. The number of rotatable bonds is 1. The van der Waals surface area contributed by atoms with E-state index in [9.17, 15) is 13.2 Å². The van der Waals surface area contributed by atoms with Crippen LogP contribution < -0.4 is 10.1 Å². The molecule has 1 aliphatic rings. The summed E-state index contributed by atoms with van der Waals surface area (Å²) in [4.78, 5) is 11.8. The molecule has 0 fully saturated rings. The Kier molecular flexibility index (Phi) is 3.19. The van der Waals surface area contributed by atoms with Crippen molar-refractivity contribution in [3.63, 3.8) is 0 Å². The van der Waals surface area contributed by atoms with Gasteiger partial charge in [-0.1, -0.05) is 30.3 Å². The number of carbonyl (C=O) groups excluding carboxylic acids is 1. The molecule has 3 rings (SSSR count). The Morgan fingerprint density at radius 2 is 1.67 bits per heavy atom. The summed E-state index contributed by atoms with van der Waals surface area (Å²) in [5.41, 5.74) is 0.350. The fraction of sp³-hybridized carbons (Fsp3) is 0. The zero-order chi connectivity index (χ0) is 14.9. The molecule has 1 amide bonds. The number of carbonyl (C=O) groups is 1. The number of hydrogen-bond donors (Lipinski definition) is 1. The molecule has 0 spiro atoms. The topological polar surface area (TPSA) is 84.8 Å². The molecular formula is C14H10N2O4S. The van der Waals surface area contributed by atoms with Crippen LogP contribution in [-0.2, 0) is 10.0 Å². The number of amidine groups is 1. The summed E-state index contributed by atoms with van der Waals surface area (Å²) in [7, 11) is -3.76. The molecule has 0 aliphatic carbocycles. The normalized spacial score (nSPS) is 15.0. The number of para-hydroxylation sites is 1. The molecule has 21 heavy (non-hydrogen) atoms. The number of benzene rings is 2. The van der Waals surface area contributed by atoms with Crippen LogP contribution in [0.15, 0.2) is 63.9 Å². The van der Waals surface area contributed by atoms with E-state index >= 15 is 0 Å². The average molecular weight is 302 g/mol. The van der Waals surface area contributed by atoms with Crippen LogP contribution in [0.4, 0.5) is 4.79 Å². The Hall–Kier alpha value is -2.67. The van der Waals surface area contributed by atoms with Gasteiger partial charge in [0.15, 0.2) is 5.84 Å². The van der Waals surface area contributed by atoms with Gasteiger partial charge in [-0.05, 0) is 24.3 Å². The molecule has 0 unspecified atom stereocenters. The maximum atomic E-state index is 11.8.